The van der Waals surface area contributed by atoms with E-state index in [2.05, 4.69) is 5.32 Å². The summed E-state index contributed by atoms with van der Waals surface area (Å²) in [6.45, 7) is 1.97. The predicted molar refractivity (Wildman–Crippen MR) is 72.7 cm³/mol. The van der Waals surface area contributed by atoms with Gasteiger partial charge in [0.2, 0.25) is 11.8 Å². The Morgan fingerprint density at radius 3 is 2.25 bits per heavy atom. The number of urea groups is 1. The Morgan fingerprint density at radius 2 is 1.65 bits per heavy atom. The van der Waals surface area contributed by atoms with Crippen molar-refractivity contribution < 1.29 is 14.4 Å². The monoisotopic (exact) mass is 278 g/mol. The average molecular weight is 278 g/mol. The summed E-state index contributed by atoms with van der Waals surface area (Å²) >= 11 is 0. The molecule has 4 amide bonds. The van der Waals surface area contributed by atoms with Gasteiger partial charge in [-0.05, 0) is 38.5 Å². The summed E-state index contributed by atoms with van der Waals surface area (Å²) in [5, 5.41) is 2.42. The molecule has 1 heterocycles. The van der Waals surface area contributed by atoms with Crippen molar-refractivity contribution >= 4 is 17.8 Å². The molecule has 3 fully saturated rings. The number of hydrogen-bond acceptors (Lipinski definition) is 3. The SMILES string of the molecule is CC1(N2C(=O)NC(=O)C(C3CCCC3)C2=O)CCCC1. The fourth-order valence-corrected chi connectivity index (χ4v) is 4.17. The summed E-state index contributed by atoms with van der Waals surface area (Å²) in [6.07, 6.45) is 7.76. The van der Waals surface area contributed by atoms with Crippen LogP contribution in [0.1, 0.15) is 58.3 Å². The van der Waals surface area contributed by atoms with Gasteiger partial charge in [0.05, 0.1) is 0 Å². The molecule has 3 rings (SSSR count). The minimum Gasteiger partial charge on any atom is -0.277 e. The minimum absolute atomic E-state index is 0.114. The molecule has 1 atom stereocenters. The molecule has 2 saturated carbocycles. The smallest absolute Gasteiger partial charge is 0.277 e. The summed E-state index contributed by atoms with van der Waals surface area (Å²) in [4.78, 5) is 38.4. The number of rotatable bonds is 2. The maximum Gasteiger partial charge on any atom is 0.331 e. The van der Waals surface area contributed by atoms with Crippen molar-refractivity contribution in [1.82, 2.24) is 10.2 Å². The van der Waals surface area contributed by atoms with E-state index in [-0.39, 0.29) is 17.7 Å². The van der Waals surface area contributed by atoms with Crippen molar-refractivity contribution in [1.29, 1.82) is 0 Å². The van der Waals surface area contributed by atoms with Crippen LogP contribution in [-0.2, 0) is 9.59 Å². The number of imide groups is 2. The summed E-state index contributed by atoms with van der Waals surface area (Å²) < 4.78 is 0. The molecule has 0 aromatic rings. The largest absolute Gasteiger partial charge is 0.331 e. The van der Waals surface area contributed by atoms with Crippen molar-refractivity contribution in [2.75, 3.05) is 0 Å². The third kappa shape index (κ3) is 2.03. The maximum absolute atomic E-state index is 12.8. The molecule has 0 spiro atoms. The van der Waals surface area contributed by atoms with Gasteiger partial charge in [-0.1, -0.05) is 25.7 Å². The second kappa shape index (κ2) is 4.86. The molecule has 0 radical (unpaired) electrons. The molecule has 0 aromatic heterocycles. The van der Waals surface area contributed by atoms with Crippen LogP contribution in [0.2, 0.25) is 0 Å². The number of hydrogen-bond donors (Lipinski definition) is 1. The zero-order chi connectivity index (χ0) is 14.3. The molecular weight excluding hydrogens is 256 g/mol. The van der Waals surface area contributed by atoms with Crippen molar-refractivity contribution in [2.45, 2.75) is 63.8 Å². The number of carbonyl (C=O) groups excluding carboxylic acids is 3. The molecule has 3 aliphatic rings. The van der Waals surface area contributed by atoms with E-state index >= 15 is 0 Å². The van der Waals surface area contributed by atoms with E-state index < -0.39 is 17.5 Å². The van der Waals surface area contributed by atoms with Crippen LogP contribution in [0.15, 0.2) is 0 Å². The standard InChI is InChI=1S/C15H22N2O3/c1-15(8-4-5-9-15)17-13(19)11(10-6-2-3-7-10)12(18)16-14(17)20/h10-11H,2-9H2,1H3,(H,16,18,20). The number of carbonyl (C=O) groups is 3. The van der Waals surface area contributed by atoms with Crippen molar-refractivity contribution in [3.63, 3.8) is 0 Å². The van der Waals surface area contributed by atoms with Gasteiger partial charge in [-0.25, -0.2) is 4.79 Å². The Kier molecular flexibility index (Phi) is 3.30. The molecular formula is C15H22N2O3. The fraction of sp³-hybridized carbons (Fsp3) is 0.800. The number of nitrogens with zero attached hydrogens (tertiary/aromatic N) is 1. The van der Waals surface area contributed by atoms with Gasteiger partial charge in [0.15, 0.2) is 0 Å². The Bertz CT molecular complexity index is 448. The lowest BCUT2D eigenvalue weighted by Gasteiger charge is -2.42. The van der Waals surface area contributed by atoms with E-state index in [0.29, 0.717) is 0 Å². The zero-order valence-electron chi connectivity index (χ0n) is 12.0. The topological polar surface area (TPSA) is 66.5 Å². The second-order valence-corrected chi connectivity index (χ2v) is 6.69. The molecule has 20 heavy (non-hydrogen) atoms. The minimum atomic E-state index is -0.646. The highest BCUT2D eigenvalue weighted by Gasteiger charge is 2.51. The van der Waals surface area contributed by atoms with Crippen LogP contribution in [0.5, 0.6) is 0 Å². The van der Waals surface area contributed by atoms with Crippen molar-refractivity contribution in [2.24, 2.45) is 11.8 Å². The van der Waals surface area contributed by atoms with Gasteiger partial charge in [0.25, 0.3) is 0 Å². The molecule has 2 aliphatic carbocycles. The summed E-state index contributed by atoms with van der Waals surface area (Å²) in [6, 6.07) is -0.515. The van der Waals surface area contributed by atoms with Gasteiger partial charge < -0.3 is 0 Å². The number of nitrogens with one attached hydrogen (secondary N) is 1. The Morgan fingerprint density at radius 1 is 1.05 bits per heavy atom. The molecule has 1 N–H and O–H groups in total. The molecule has 0 bridgehead atoms. The van der Waals surface area contributed by atoms with Gasteiger partial charge in [0.1, 0.15) is 5.92 Å². The van der Waals surface area contributed by atoms with Crippen LogP contribution >= 0.6 is 0 Å². The zero-order valence-corrected chi connectivity index (χ0v) is 12.0. The first kappa shape index (κ1) is 13.6. The quantitative estimate of drug-likeness (QED) is 0.787. The number of amides is 4. The normalized spacial score (nSPS) is 30.9. The van der Waals surface area contributed by atoms with Gasteiger partial charge >= 0.3 is 6.03 Å². The lowest BCUT2D eigenvalue weighted by molar-refractivity contribution is -0.148. The Hall–Kier alpha value is -1.39. The van der Waals surface area contributed by atoms with Crippen LogP contribution in [0.4, 0.5) is 4.79 Å². The summed E-state index contributed by atoms with van der Waals surface area (Å²) in [5.74, 6) is -1.17. The molecule has 1 unspecified atom stereocenters. The lowest BCUT2D eigenvalue weighted by Crippen LogP contribution is -2.65. The highest BCUT2D eigenvalue weighted by Crippen LogP contribution is 2.40. The highest BCUT2D eigenvalue weighted by atomic mass is 16.2. The van der Waals surface area contributed by atoms with Gasteiger partial charge in [-0.2, -0.15) is 0 Å². The van der Waals surface area contributed by atoms with Gasteiger partial charge in [-0.15, -0.1) is 0 Å². The first-order valence-corrected chi connectivity index (χ1v) is 7.72. The third-order valence-electron chi connectivity index (χ3n) is 5.29. The Balaban J connectivity index is 1.88. The predicted octanol–water partition coefficient (Wildman–Crippen LogP) is 2.20. The van der Waals surface area contributed by atoms with Crippen molar-refractivity contribution in [3.05, 3.63) is 0 Å². The van der Waals surface area contributed by atoms with E-state index in [9.17, 15) is 14.4 Å². The van der Waals surface area contributed by atoms with Crippen LogP contribution in [-0.4, -0.2) is 28.3 Å². The lowest BCUT2D eigenvalue weighted by atomic mass is 9.85. The second-order valence-electron chi connectivity index (χ2n) is 6.69. The van der Waals surface area contributed by atoms with Gasteiger partial charge in [0, 0.05) is 5.54 Å². The summed E-state index contributed by atoms with van der Waals surface area (Å²) in [5.41, 5.74) is -0.404. The molecule has 110 valence electrons. The van der Waals surface area contributed by atoms with Gasteiger partial charge in [-0.3, -0.25) is 19.8 Å². The van der Waals surface area contributed by atoms with Crippen LogP contribution in [0.25, 0.3) is 0 Å². The summed E-state index contributed by atoms with van der Waals surface area (Å²) in [7, 11) is 0. The van der Waals surface area contributed by atoms with Crippen LogP contribution < -0.4 is 5.32 Å². The molecule has 5 nitrogen and oxygen atoms in total. The first-order chi connectivity index (χ1) is 9.53. The maximum atomic E-state index is 12.8. The van der Waals surface area contributed by atoms with E-state index in [1.807, 2.05) is 6.92 Å². The fourth-order valence-electron chi connectivity index (χ4n) is 4.17. The van der Waals surface area contributed by atoms with Crippen LogP contribution in [0, 0.1) is 11.8 Å². The molecule has 5 heteroatoms. The third-order valence-corrected chi connectivity index (χ3v) is 5.29. The highest BCUT2D eigenvalue weighted by molar-refractivity contribution is 6.16. The Labute approximate surface area is 119 Å². The van der Waals surface area contributed by atoms with E-state index in [4.69, 9.17) is 0 Å². The number of barbiturate groups is 1. The molecule has 1 aliphatic heterocycles. The molecule has 0 aromatic carbocycles. The first-order valence-electron chi connectivity index (χ1n) is 7.72. The van der Waals surface area contributed by atoms with E-state index in [0.717, 1.165) is 51.4 Å². The molecule has 1 saturated heterocycles. The van der Waals surface area contributed by atoms with E-state index in [1.165, 1.54) is 4.90 Å². The average Bonchev–Trinajstić information content (AvgIpc) is 3.00. The van der Waals surface area contributed by atoms with Crippen molar-refractivity contribution in [3.8, 4) is 0 Å². The van der Waals surface area contributed by atoms with Crippen LogP contribution in [0.3, 0.4) is 0 Å². The van der Waals surface area contributed by atoms with E-state index in [1.54, 1.807) is 0 Å².